The van der Waals surface area contributed by atoms with Gasteiger partial charge in [0, 0.05) is 12.5 Å². The van der Waals surface area contributed by atoms with Crippen molar-refractivity contribution in [3.05, 3.63) is 29.3 Å². The Hall–Kier alpha value is -1.35. The summed E-state index contributed by atoms with van der Waals surface area (Å²) in [5, 5.41) is 0. The molecule has 3 nitrogen and oxygen atoms in total. The molecule has 3 rings (SSSR count). The van der Waals surface area contributed by atoms with Crippen LogP contribution in [0.1, 0.15) is 24.0 Å². The number of hydrogen-bond donors (Lipinski definition) is 0. The van der Waals surface area contributed by atoms with Crippen LogP contribution in [0.3, 0.4) is 0 Å². The molecule has 1 unspecified atom stereocenters. The van der Waals surface area contributed by atoms with Gasteiger partial charge in [-0.25, -0.2) is 0 Å². The van der Waals surface area contributed by atoms with Crippen LogP contribution in [0.2, 0.25) is 0 Å². The molecular formula is C15H18O3. The molecule has 1 saturated heterocycles. The van der Waals surface area contributed by atoms with E-state index in [0.29, 0.717) is 13.2 Å². The van der Waals surface area contributed by atoms with E-state index < -0.39 is 0 Å². The number of ketones is 1. The molecule has 1 aliphatic carbocycles. The van der Waals surface area contributed by atoms with Crippen LogP contribution in [0.4, 0.5) is 0 Å². The highest BCUT2D eigenvalue weighted by Gasteiger charge is 2.23. The molecule has 1 aromatic carbocycles. The Labute approximate surface area is 107 Å². The molecule has 0 amide bonds. The van der Waals surface area contributed by atoms with E-state index in [1.54, 1.807) is 0 Å². The lowest BCUT2D eigenvalue weighted by Crippen LogP contribution is -2.21. The van der Waals surface area contributed by atoms with E-state index in [1.807, 2.05) is 6.07 Å². The van der Waals surface area contributed by atoms with Crippen molar-refractivity contribution >= 4 is 5.78 Å². The summed E-state index contributed by atoms with van der Waals surface area (Å²) in [6.07, 6.45) is 4.38. The number of benzene rings is 1. The molecule has 2 aliphatic rings. The molecule has 96 valence electrons. The fraction of sp³-hybridized carbons (Fsp3) is 0.533. The van der Waals surface area contributed by atoms with Gasteiger partial charge in [0.05, 0.1) is 6.61 Å². The van der Waals surface area contributed by atoms with Crippen molar-refractivity contribution in [2.45, 2.75) is 25.7 Å². The molecule has 0 aromatic heterocycles. The van der Waals surface area contributed by atoms with Crippen LogP contribution >= 0.6 is 0 Å². The summed E-state index contributed by atoms with van der Waals surface area (Å²) < 4.78 is 10.8. The monoisotopic (exact) mass is 246 g/mol. The van der Waals surface area contributed by atoms with Crippen LogP contribution in [0.15, 0.2) is 18.2 Å². The zero-order valence-corrected chi connectivity index (χ0v) is 10.5. The second-order valence-corrected chi connectivity index (χ2v) is 5.10. The first-order valence-corrected chi connectivity index (χ1v) is 6.68. The SMILES string of the molecule is O=C(COc1ccc2c(c1)CCC2)C1CCOC1. The van der Waals surface area contributed by atoms with Crippen LogP contribution in [-0.4, -0.2) is 25.6 Å². The second kappa shape index (κ2) is 5.11. The number of aryl methyl sites for hydroxylation is 2. The van der Waals surface area contributed by atoms with Gasteiger partial charge in [-0.15, -0.1) is 0 Å². The summed E-state index contributed by atoms with van der Waals surface area (Å²) in [6, 6.07) is 6.18. The predicted molar refractivity (Wildman–Crippen MR) is 67.9 cm³/mol. The Morgan fingerprint density at radius 2 is 2.22 bits per heavy atom. The minimum atomic E-state index is 0.0411. The lowest BCUT2D eigenvalue weighted by Gasteiger charge is -2.10. The Bertz CT molecular complexity index is 447. The zero-order chi connectivity index (χ0) is 12.4. The molecule has 0 saturated carbocycles. The highest BCUT2D eigenvalue weighted by Crippen LogP contribution is 2.26. The molecule has 1 atom stereocenters. The molecular weight excluding hydrogens is 228 g/mol. The Morgan fingerprint density at radius 3 is 3.06 bits per heavy atom. The van der Waals surface area contributed by atoms with Crippen LogP contribution in [-0.2, 0) is 22.4 Å². The first-order chi connectivity index (χ1) is 8.83. The molecule has 1 aromatic rings. The summed E-state index contributed by atoms with van der Waals surface area (Å²) in [5.74, 6) is 1.02. The molecule has 0 radical (unpaired) electrons. The van der Waals surface area contributed by atoms with E-state index in [9.17, 15) is 4.79 Å². The summed E-state index contributed by atoms with van der Waals surface area (Å²) in [6.45, 7) is 1.44. The van der Waals surface area contributed by atoms with E-state index >= 15 is 0 Å². The minimum absolute atomic E-state index is 0.0411. The molecule has 1 heterocycles. The molecule has 1 fully saturated rings. The van der Waals surface area contributed by atoms with Crippen molar-refractivity contribution in [1.82, 2.24) is 0 Å². The van der Waals surface area contributed by atoms with E-state index in [-0.39, 0.29) is 18.3 Å². The first-order valence-electron chi connectivity index (χ1n) is 6.68. The summed E-state index contributed by atoms with van der Waals surface area (Å²) >= 11 is 0. The number of fused-ring (bicyclic) bond motifs is 1. The topological polar surface area (TPSA) is 35.5 Å². The van der Waals surface area contributed by atoms with Crippen LogP contribution in [0, 0.1) is 5.92 Å². The molecule has 0 N–H and O–H groups in total. The highest BCUT2D eigenvalue weighted by molar-refractivity contribution is 5.82. The second-order valence-electron chi connectivity index (χ2n) is 5.10. The standard InChI is InChI=1S/C15H18O3/c16-15(13-6-7-17-9-13)10-18-14-5-4-11-2-1-3-12(11)8-14/h4-5,8,13H,1-3,6-7,9-10H2. The van der Waals surface area contributed by atoms with Crippen LogP contribution in [0.25, 0.3) is 0 Å². The largest absolute Gasteiger partial charge is 0.486 e. The van der Waals surface area contributed by atoms with Crippen molar-refractivity contribution < 1.29 is 14.3 Å². The van der Waals surface area contributed by atoms with E-state index in [4.69, 9.17) is 9.47 Å². The quantitative estimate of drug-likeness (QED) is 0.816. The van der Waals surface area contributed by atoms with Crippen LogP contribution in [0.5, 0.6) is 5.75 Å². The fourth-order valence-electron chi connectivity index (χ4n) is 2.70. The van der Waals surface area contributed by atoms with Gasteiger partial charge in [-0.05, 0) is 48.9 Å². The lowest BCUT2D eigenvalue weighted by molar-refractivity contribution is -0.124. The van der Waals surface area contributed by atoms with Gasteiger partial charge >= 0.3 is 0 Å². The van der Waals surface area contributed by atoms with E-state index in [0.717, 1.165) is 18.6 Å². The highest BCUT2D eigenvalue weighted by atomic mass is 16.5. The summed E-state index contributed by atoms with van der Waals surface area (Å²) in [5.41, 5.74) is 2.81. The third-order valence-corrected chi connectivity index (χ3v) is 3.84. The fourth-order valence-corrected chi connectivity index (χ4v) is 2.70. The van der Waals surface area contributed by atoms with Crippen molar-refractivity contribution in [2.24, 2.45) is 5.92 Å². The van der Waals surface area contributed by atoms with Gasteiger partial charge < -0.3 is 9.47 Å². The molecule has 0 spiro atoms. The molecule has 3 heteroatoms. The van der Waals surface area contributed by atoms with Gasteiger partial charge in [0.25, 0.3) is 0 Å². The van der Waals surface area contributed by atoms with Crippen LogP contribution < -0.4 is 4.74 Å². The average molecular weight is 246 g/mol. The van der Waals surface area contributed by atoms with E-state index in [2.05, 4.69) is 12.1 Å². The van der Waals surface area contributed by atoms with E-state index in [1.165, 1.54) is 24.0 Å². The van der Waals surface area contributed by atoms with Crippen molar-refractivity contribution in [3.8, 4) is 5.75 Å². The normalized spacial score (nSPS) is 21.9. The molecule has 0 bridgehead atoms. The van der Waals surface area contributed by atoms with Gasteiger partial charge in [-0.1, -0.05) is 6.07 Å². The number of carbonyl (C=O) groups is 1. The number of rotatable bonds is 4. The first kappa shape index (κ1) is 11.7. The van der Waals surface area contributed by atoms with Crippen molar-refractivity contribution in [2.75, 3.05) is 19.8 Å². The average Bonchev–Trinajstić information content (AvgIpc) is 3.05. The van der Waals surface area contributed by atoms with Gasteiger partial charge in [0.15, 0.2) is 5.78 Å². The molecule has 1 aliphatic heterocycles. The number of ether oxygens (including phenoxy) is 2. The Morgan fingerprint density at radius 1 is 1.33 bits per heavy atom. The van der Waals surface area contributed by atoms with Gasteiger partial charge in [-0.2, -0.15) is 0 Å². The maximum Gasteiger partial charge on any atom is 0.175 e. The van der Waals surface area contributed by atoms with Crippen molar-refractivity contribution in [3.63, 3.8) is 0 Å². The van der Waals surface area contributed by atoms with Crippen molar-refractivity contribution in [1.29, 1.82) is 0 Å². The third kappa shape index (κ3) is 2.41. The predicted octanol–water partition coefficient (Wildman–Crippen LogP) is 2.16. The number of hydrogen-bond acceptors (Lipinski definition) is 3. The number of carbonyl (C=O) groups excluding carboxylic acids is 1. The van der Waals surface area contributed by atoms with Gasteiger partial charge in [0.1, 0.15) is 12.4 Å². The van der Waals surface area contributed by atoms with Gasteiger partial charge in [0.2, 0.25) is 0 Å². The zero-order valence-electron chi connectivity index (χ0n) is 10.5. The minimum Gasteiger partial charge on any atom is -0.486 e. The Balaban J connectivity index is 1.58. The number of Topliss-reactive ketones (excluding diaryl/α,β-unsaturated/α-hetero) is 1. The smallest absolute Gasteiger partial charge is 0.175 e. The third-order valence-electron chi connectivity index (χ3n) is 3.84. The van der Waals surface area contributed by atoms with Gasteiger partial charge in [-0.3, -0.25) is 4.79 Å². The maximum absolute atomic E-state index is 11.8. The summed E-state index contributed by atoms with van der Waals surface area (Å²) in [7, 11) is 0. The molecule has 18 heavy (non-hydrogen) atoms. The Kier molecular flexibility index (Phi) is 3.33. The maximum atomic E-state index is 11.8. The summed E-state index contributed by atoms with van der Waals surface area (Å²) in [4.78, 5) is 11.8. The lowest BCUT2D eigenvalue weighted by atomic mass is 10.0.